The Balaban J connectivity index is 1.51. The first-order valence-electron chi connectivity index (χ1n) is 8.21. The number of aliphatic hydroxyl groups excluding tert-OH is 1. The Bertz CT molecular complexity index is 880. The normalized spacial score (nSPS) is 28.2. The molecule has 1 aromatic heterocycles. The standard InChI is InChI=1S/C17H19N3O5/c1-9-10-4-2-3-5-11(10)17(23)20(19-9)6-14(22)18-12-7-24-16-13(21)8-25-15(12)16/h2-5,12-13,15-16,21H,6-8H2,1H3,(H,18,22)/t12-,13-,15-,16-/m1/s1. The maximum atomic E-state index is 12.5. The van der Waals surface area contributed by atoms with Gasteiger partial charge in [0.15, 0.2) is 0 Å². The number of aryl methyl sites for hydroxylation is 1. The average molecular weight is 345 g/mol. The molecule has 3 heterocycles. The molecule has 2 aliphatic rings. The zero-order valence-corrected chi connectivity index (χ0v) is 13.7. The lowest BCUT2D eigenvalue weighted by Crippen LogP contribution is -2.46. The second-order valence-corrected chi connectivity index (χ2v) is 6.43. The first-order valence-corrected chi connectivity index (χ1v) is 8.21. The fourth-order valence-corrected chi connectivity index (χ4v) is 3.50. The Morgan fingerprint density at radius 2 is 2.00 bits per heavy atom. The van der Waals surface area contributed by atoms with Gasteiger partial charge in [0, 0.05) is 5.39 Å². The molecule has 132 valence electrons. The second-order valence-electron chi connectivity index (χ2n) is 6.43. The van der Waals surface area contributed by atoms with Gasteiger partial charge in [-0.05, 0) is 13.0 Å². The Morgan fingerprint density at radius 1 is 1.28 bits per heavy atom. The lowest BCUT2D eigenvalue weighted by Gasteiger charge is -2.17. The Hall–Kier alpha value is -2.29. The van der Waals surface area contributed by atoms with Crippen LogP contribution in [0.15, 0.2) is 29.1 Å². The van der Waals surface area contributed by atoms with Crippen LogP contribution in [0.2, 0.25) is 0 Å². The number of hydrogen-bond acceptors (Lipinski definition) is 6. The first-order chi connectivity index (χ1) is 12.0. The second kappa shape index (κ2) is 6.21. The topological polar surface area (TPSA) is 103 Å². The molecule has 2 aliphatic heterocycles. The van der Waals surface area contributed by atoms with Gasteiger partial charge in [0.25, 0.3) is 5.56 Å². The number of amides is 1. The Morgan fingerprint density at radius 3 is 2.80 bits per heavy atom. The molecule has 2 saturated heterocycles. The lowest BCUT2D eigenvalue weighted by molar-refractivity contribution is -0.123. The van der Waals surface area contributed by atoms with E-state index >= 15 is 0 Å². The molecule has 1 amide bonds. The predicted octanol–water partition coefficient (Wildman–Crippen LogP) is -0.652. The van der Waals surface area contributed by atoms with Gasteiger partial charge in [-0.1, -0.05) is 18.2 Å². The molecule has 0 aliphatic carbocycles. The van der Waals surface area contributed by atoms with Crippen molar-refractivity contribution in [2.75, 3.05) is 13.2 Å². The summed E-state index contributed by atoms with van der Waals surface area (Å²) >= 11 is 0. The third-order valence-electron chi connectivity index (χ3n) is 4.72. The molecule has 2 N–H and O–H groups in total. The molecule has 8 heteroatoms. The highest BCUT2D eigenvalue weighted by Crippen LogP contribution is 2.26. The fraction of sp³-hybridized carbons (Fsp3) is 0.471. The zero-order valence-electron chi connectivity index (χ0n) is 13.7. The van der Waals surface area contributed by atoms with Crippen LogP contribution in [0.4, 0.5) is 0 Å². The van der Waals surface area contributed by atoms with Crippen molar-refractivity contribution >= 4 is 16.7 Å². The molecule has 1 aromatic carbocycles. The summed E-state index contributed by atoms with van der Waals surface area (Å²) in [6.07, 6.45) is -1.43. The fourth-order valence-electron chi connectivity index (χ4n) is 3.50. The van der Waals surface area contributed by atoms with Crippen LogP contribution < -0.4 is 10.9 Å². The van der Waals surface area contributed by atoms with E-state index in [9.17, 15) is 14.7 Å². The number of carbonyl (C=O) groups is 1. The van der Waals surface area contributed by atoms with Crippen molar-refractivity contribution in [3.63, 3.8) is 0 Å². The molecule has 4 rings (SSSR count). The van der Waals surface area contributed by atoms with Crippen LogP contribution in [-0.2, 0) is 20.8 Å². The van der Waals surface area contributed by atoms with Crippen LogP contribution in [0.5, 0.6) is 0 Å². The van der Waals surface area contributed by atoms with Crippen LogP contribution >= 0.6 is 0 Å². The number of fused-ring (bicyclic) bond motifs is 2. The van der Waals surface area contributed by atoms with Gasteiger partial charge in [-0.2, -0.15) is 5.10 Å². The zero-order chi connectivity index (χ0) is 17.6. The minimum absolute atomic E-state index is 0.180. The van der Waals surface area contributed by atoms with Crippen LogP contribution in [0, 0.1) is 6.92 Å². The molecule has 0 bridgehead atoms. The van der Waals surface area contributed by atoms with E-state index in [1.54, 1.807) is 19.1 Å². The molecule has 0 saturated carbocycles. The molecule has 25 heavy (non-hydrogen) atoms. The van der Waals surface area contributed by atoms with Crippen molar-refractivity contribution in [1.29, 1.82) is 0 Å². The van der Waals surface area contributed by atoms with Crippen LogP contribution in [0.1, 0.15) is 5.69 Å². The van der Waals surface area contributed by atoms with Crippen LogP contribution in [0.25, 0.3) is 10.8 Å². The van der Waals surface area contributed by atoms with E-state index in [-0.39, 0.29) is 43.4 Å². The van der Waals surface area contributed by atoms with Crippen molar-refractivity contribution < 1.29 is 19.4 Å². The van der Waals surface area contributed by atoms with Crippen LogP contribution in [-0.4, -0.2) is 58.4 Å². The van der Waals surface area contributed by atoms with Gasteiger partial charge >= 0.3 is 0 Å². The Labute approximate surface area is 143 Å². The van der Waals surface area contributed by atoms with Gasteiger partial charge in [0.05, 0.1) is 30.3 Å². The largest absolute Gasteiger partial charge is 0.388 e. The molecule has 2 aromatic rings. The van der Waals surface area contributed by atoms with Gasteiger partial charge < -0.3 is 19.9 Å². The van der Waals surface area contributed by atoms with Gasteiger partial charge in [0.1, 0.15) is 24.9 Å². The lowest BCUT2D eigenvalue weighted by atomic mass is 10.1. The van der Waals surface area contributed by atoms with Gasteiger partial charge in [0.2, 0.25) is 5.91 Å². The van der Waals surface area contributed by atoms with Gasteiger partial charge in [-0.25, -0.2) is 4.68 Å². The maximum Gasteiger partial charge on any atom is 0.275 e. The van der Waals surface area contributed by atoms with E-state index in [1.165, 1.54) is 4.68 Å². The predicted molar refractivity (Wildman–Crippen MR) is 88.2 cm³/mol. The highest BCUT2D eigenvalue weighted by Gasteiger charge is 2.47. The minimum Gasteiger partial charge on any atom is -0.388 e. The molecule has 0 spiro atoms. The molecular weight excluding hydrogens is 326 g/mol. The third-order valence-corrected chi connectivity index (χ3v) is 4.72. The number of aromatic nitrogens is 2. The minimum atomic E-state index is -0.667. The summed E-state index contributed by atoms with van der Waals surface area (Å²) in [5.41, 5.74) is 0.388. The summed E-state index contributed by atoms with van der Waals surface area (Å²) in [6.45, 7) is 2.10. The average Bonchev–Trinajstić information content (AvgIpc) is 3.16. The maximum absolute atomic E-state index is 12.5. The number of hydrogen-bond donors (Lipinski definition) is 2. The van der Waals surface area contributed by atoms with E-state index < -0.39 is 12.2 Å². The Kier molecular flexibility index (Phi) is 4.03. The van der Waals surface area contributed by atoms with Crippen molar-refractivity contribution in [2.24, 2.45) is 0 Å². The molecular formula is C17H19N3O5. The highest BCUT2D eigenvalue weighted by molar-refractivity contribution is 5.83. The summed E-state index contributed by atoms with van der Waals surface area (Å²) in [6, 6.07) is 6.85. The summed E-state index contributed by atoms with van der Waals surface area (Å²) in [7, 11) is 0. The van der Waals surface area contributed by atoms with E-state index in [1.807, 2.05) is 12.1 Å². The number of nitrogens with one attached hydrogen (secondary N) is 1. The quantitative estimate of drug-likeness (QED) is 0.766. The first kappa shape index (κ1) is 16.2. The SMILES string of the molecule is Cc1nn(CC(=O)N[C@@H]2CO[C@H]3[C@@H]2OC[C@H]3O)c(=O)c2ccccc12. The molecule has 4 atom stereocenters. The number of ether oxygens (including phenoxy) is 2. The monoisotopic (exact) mass is 345 g/mol. The summed E-state index contributed by atoms with van der Waals surface area (Å²) in [4.78, 5) is 24.9. The molecule has 0 radical (unpaired) electrons. The van der Waals surface area contributed by atoms with Crippen molar-refractivity contribution in [2.45, 2.75) is 37.8 Å². The number of carbonyl (C=O) groups excluding carboxylic acids is 1. The van der Waals surface area contributed by atoms with E-state index in [2.05, 4.69) is 10.4 Å². The van der Waals surface area contributed by atoms with Crippen LogP contribution in [0.3, 0.4) is 0 Å². The third kappa shape index (κ3) is 2.82. The number of aliphatic hydroxyl groups is 1. The van der Waals surface area contributed by atoms with E-state index in [0.29, 0.717) is 11.1 Å². The van der Waals surface area contributed by atoms with Crippen molar-refractivity contribution in [3.8, 4) is 0 Å². The van der Waals surface area contributed by atoms with Crippen molar-refractivity contribution in [3.05, 3.63) is 40.3 Å². The van der Waals surface area contributed by atoms with E-state index in [4.69, 9.17) is 9.47 Å². The molecule has 0 unspecified atom stereocenters. The molecule has 8 nitrogen and oxygen atoms in total. The number of nitrogens with zero attached hydrogens (tertiary/aromatic N) is 2. The highest BCUT2D eigenvalue weighted by atomic mass is 16.6. The van der Waals surface area contributed by atoms with E-state index in [0.717, 1.165) is 5.39 Å². The smallest absolute Gasteiger partial charge is 0.275 e. The molecule has 2 fully saturated rings. The number of benzene rings is 1. The summed E-state index contributed by atoms with van der Waals surface area (Å²) in [5.74, 6) is -0.344. The summed E-state index contributed by atoms with van der Waals surface area (Å²) < 4.78 is 12.1. The van der Waals surface area contributed by atoms with Gasteiger partial charge in [-0.3, -0.25) is 9.59 Å². The van der Waals surface area contributed by atoms with Crippen molar-refractivity contribution in [1.82, 2.24) is 15.1 Å². The summed E-state index contributed by atoms with van der Waals surface area (Å²) in [5, 5.41) is 18.1. The number of rotatable bonds is 3. The van der Waals surface area contributed by atoms with Gasteiger partial charge in [-0.15, -0.1) is 0 Å².